The number of amidine groups is 1. The highest BCUT2D eigenvalue weighted by Crippen LogP contribution is 2.48. The molecule has 5 N–H and O–H groups in total. The lowest BCUT2D eigenvalue weighted by Crippen LogP contribution is -2.49. The first-order valence-electron chi connectivity index (χ1n) is 10.7. The molecule has 0 unspecified atom stereocenters. The lowest BCUT2D eigenvalue weighted by Gasteiger charge is -2.28. The SMILES string of the molecule is CCCC[C@H](CC(=O)NO)C(=O)N1CC2(CCCC2)C[C@H]1C(=O)NC(=N)/C=C(\C)O. The van der Waals surface area contributed by atoms with Crippen LogP contribution < -0.4 is 10.8 Å². The first kappa shape index (κ1) is 23.9. The fourth-order valence-corrected chi connectivity index (χ4v) is 4.74. The zero-order chi connectivity index (χ0) is 22.3. The van der Waals surface area contributed by atoms with Crippen molar-refractivity contribution in [3.63, 3.8) is 0 Å². The number of rotatable bonds is 8. The third kappa shape index (κ3) is 6.04. The van der Waals surface area contributed by atoms with E-state index in [0.717, 1.165) is 44.6 Å². The second-order valence-corrected chi connectivity index (χ2v) is 8.66. The van der Waals surface area contributed by atoms with Gasteiger partial charge in [0.1, 0.15) is 11.9 Å². The number of allylic oxidation sites excluding steroid dienone is 1. The lowest BCUT2D eigenvalue weighted by atomic mass is 9.84. The largest absolute Gasteiger partial charge is 0.512 e. The molecule has 1 heterocycles. The normalized spacial score (nSPS) is 21.5. The van der Waals surface area contributed by atoms with E-state index in [1.165, 1.54) is 6.92 Å². The van der Waals surface area contributed by atoms with E-state index in [4.69, 9.17) is 10.6 Å². The van der Waals surface area contributed by atoms with Crippen LogP contribution in [-0.4, -0.2) is 51.4 Å². The summed E-state index contributed by atoms with van der Waals surface area (Å²) in [5.41, 5.74) is 1.50. The Labute approximate surface area is 177 Å². The minimum absolute atomic E-state index is 0.0958. The monoisotopic (exact) mass is 422 g/mol. The smallest absolute Gasteiger partial charge is 0.248 e. The van der Waals surface area contributed by atoms with Crippen molar-refractivity contribution in [1.29, 1.82) is 5.41 Å². The molecule has 1 spiro atoms. The van der Waals surface area contributed by atoms with Crippen molar-refractivity contribution in [2.24, 2.45) is 11.3 Å². The molecule has 168 valence electrons. The van der Waals surface area contributed by atoms with Crippen LogP contribution in [0.15, 0.2) is 11.8 Å². The predicted octanol–water partition coefficient (Wildman–Crippen LogP) is 2.40. The summed E-state index contributed by atoms with van der Waals surface area (Å²) in [7, 11) is 0. The van der Waals surface area contributed by atoms with Crippen molar-refractivity contribution in [3.8, 4) is 0 Å². The Morgan fingerprint density at radius 2 is 1.97 bits per heavy atom. The van der Waals surface area contributed by atoms with E-state index in [1.807, 2.05) is 6.92 Å². The van der Waals surface area contributed by atoms with Crippen LogP contribution in [0.3, 0.4) is 0 Å². The topological polar surface area (TPSA) is 143 Å². The maximum absolute atomic E-state index is 13.4. The summed E-state index contributed by atoms with van der Waals surface area (Å²) in [5, 5.41) is 28.5. The van der Waals surface area contributed by atoms with Gasteiger partial charge >= 0.3 is 0 Å². The maximum Gasteiger partial charge on any atom is 0.248 e. The van der Waals surface area contributed by atoms with E-state index in [1.54, 1.807) is 10.4 Å². The van der Waals surface area contributed by atoms with Gasteiger partial charge in [0.2, 0.25) is 17.7 Å². The Balaban J connectivity index is 2.23. The number of hydroxylamine groups is 1. The van der Waals surface area contributed by atoms with Crippen molar-refractivity contribution in [1.82, 2.24) is 15.7 Å². The number of hydrogen-bond acceptors (Lipinski definition) is 6. The molecule has 30 heavy (non-hydrogen) atoms. The van der Waals surface area contributed by atoms with Gasteiger partial charge in [-0.05, 0) is 38.0 Å². The Bertz CT molecular complexity index is 696. The number of likely N-dealkylation sites (tertiary alicyclic amines) is 1. The first-order valence-corrected chi connectivity index (χ1v) is 10.7. The van der Waals surface area contributed by atoms with Gasteiger partial charge in [-0.25, -0.2) is 5.48 Å². The molecule has 9 heteroatoms. The van der Waals surface area contributed by atoms with Crippen LogP contribution >= 0.6 is 0 Å². The Kier molecular flexibility index (Phi) is 8.40. The quantitative estimate of drug-likeness (QED) is 0.134. The van der Waals surface area contributed by atoms with Crippen LogP contribution in [0.25, 0.3) is 0 Å². The predicted molar refractivity (Wildman–Crippen MR) is 111 cm³/mol. The molecular weight excluding hydrogens is 388 g/mol. The van der Waals surface area contributed by atoms with Gasteiger partial charge in [-0.2, -0.15) is 0 Å². The number of amides is 3. The first-order chi connectivity index (χ1) is 14.2. The number of carbonyl (C=O) groups is 3. The molecule has 0 aromatic heterocycles. The summed E-state index contributed by atoms with van der Waals surface area (Å²) in [6, 6.07) is -0.718. The van der Waals surface area contributed by atoms with Crippen molar-refractivity contribution < 1.29 is 24.7 Å². The van der Waals surface area contributed by atoms with Gasteiger partial charge in [0, 0.05) is 25.0 Å². The molecule has 0 radical (unpaired) electrons. The van der Waals surface area contributed by atoms with Gasteiger partial charge in [-0.15, -0.1) is 0 Å². The van der Waals surface area contributed by atoms with Crippen LogP contribution in [0.2, 0.25) is 0 Å². The van der Waals surface area contributed by atoms with Crippen molar-refractivity contribution in [2.45, 2.75) is 77.7 Å². The van der Waals surface area contributed by atoms with Gasteiger partial charge in [0.25, 0.3) is 0 Å². The number of unbranched alkanes of at least 4 members (excludes halogenated alkanes) is 1. The minimum Gasteiger partial charge on any atom is -0.512 e. The standard InChI is InChI=1S/C21H34N4O5/c1-3-4-7-15(11-18(27)24-30)20(29)25-13-21(8-5-6-9-21)12-16(25)19(28)23-17(22)10-14(2)26/h10,15-16,26,30H,3-9,11-13H2,1-2H3,(H,24,27)(H2,22,23,28)/b14-10+/t15-,16+/m1/s1. The summed E-state index contributed by atoms with van der Waals surface area (Å²) in [6.45, 7) is 3.87. The molecule has 0 bridgehead atoms. The summed E-state index contributed by atoms with van der Waals surface area (Å²) >= 11 is 0. The molecule has 1 aliphatic heterocycles. The third-order valence-electron chi connectivity index (χ3n) is 6.18. The molecule has 0 aromatic rings. The molecule has 2 atom stereocenters. The van der Waals surface area contributed by atoms with Crippen molar-refractivity contribution in [2.75, 3.05) is 6.54 Å². The van der Waals surface area contributed by atoms with E-state index in [-0.39, 0.29) is 29.3 Å². The Hall–Kier alpha value is -2.42. The number of nitrogens with one attached hydrogen (secondary N) is 3. The molecule has 0 aromatic carbocycles. The van der Waals surface area contributed by atoms with Crippen LogP contribution in [0, 0.1) is 16.7 Å². The molecule has 2 aliphatic rings. The fraction of sp³-hybridized carbons (Fsp3) is 0.714. The summed E-state index contributed by atoms with van der Waals surface area (Å²) in [6.07, 6.45) is 7.69. The fourth-order valence-electron chi connectivity index (χ4n) is 4.74. The number of nitrogens with zero attached hydrogens (tertiary/aromatic N) is 1. The van der Waals surface area contributed by atoms with Crippen LogP contribution in [0.5, 0.6) is 0 Å². The van der Waals surface area contributed by atoms with Crippen molar-refractivity contribution in [3.05, 3.63) is 11.8 Å². The number of hydrogen-bond donors (Lipinski definition) is 5. The maximum atomic E-state index is 13.4. The van der Waals surface area contributed by atoms with Crippen molar-refractivity contribution >= 4 is 23.6 Å². The van der Waals surface area contributed by atoms with E-state index >= 15 is 0 Å². The highest BCUT2D eigenvalue weighted by Gasteiger charge is 2.50. The highest BCUT2D eigenvalue weighted by molar-refractivity contribution is 6.05. The molecule has 1 saturated carbocycles. The molecule has 2 rings (SSSR count). The van der Waals surface area contributed by atoms with Gasteiger partial charge in [0.15, 0.2) is 0 Å². The Morgan fingerprint density at radius 3 is 2.53 bits per heavy atom. The van der Waals surface area contributed by atoms with Crippen LogP contribution in [0.1, 0.15) is 71.6 Å². The Morgan fingerprint density at radius 1 is 1.30 bits per heavy atom. The molecular formula is C21H34N4O5. The molecule has 1 saturated heterocycles. The molecule has 3 amide bonds. The van der Waals surface area contributed by atoms with E-state index in [9.17, 15) is 19.5 Å². The molecule has 2 fully saturated rings. The second-order valence-electron chi connectivity index (χ2n) is 8.66. The van der Waals surface area contributed by atoms with Gasteiger partial charge in [0.05, 0.1) is 5.76 Å². The van der Waals surface area contributed by atoms with Gasteiger partial charge < -0.3 is 15.3 Å². The van der Waals surface area contributed by atoms with Gasteiger partial charge in [-0.1, -0.05) is 32.6 Å². The number of aliphatic hydroxyl groups excluding tert-OH is 1. The minimum atomic E-state index is -0.718. The number of aliphatic hydroxyl groups is 1. The zero-order valence-electron chi connectivity index (χ0n) is 17.9. The summed E-state index contributed by atoms with van der Waals surface area (Å²) in [5.74, 6) is -2.26. The average molecular weight is 423 g/mol. The second kappa shape index (κ2) is 10.6. The molecule has 9 nitrogen and oxygen atoms in total. The van der Waals surface area contributed by atoms with E-state index in [2.05, 4.69) is 5.32 Å². The average Bonchev–Trinajstić information content (AvgIpc) is 3.30. The van der Waals surface area contributed by atoms with E-state index in [0.29, 0.717) is 19.4 Å². The van der Waals surface area contributed by atoms with Gasteiger partial charge in [-0.3, -0.25) is 25.0 Å². The third-order valence-corrected chi connectivity index (χ3v) is 6.18. The summed E-state index contributed by atoms with van der Waals surface area (Å²) < 4.78 is 0. The van der Waals surface area contributed by atoms with E-state index < -0.39 is 23.8 Å². The highest BCUT2D eigenvalue weighted by atomic mass is 16.5. The lowest BCUT2D eigenvalue weighted by molar-refractivity contribution is -0.144. The molecule has 1 aliphatic carbocycles. The summed E-state index contributed by atoms with van der Waals surface area (Å²) in [4.78, 5) is 39.7. The zero-order valence-corrected chi connectivity index (χ0v) is 17.9. The van der Waals surface area contributed by atoms with Crippen LogP contribution in [0.4, 0.5) is 0 Å². The number of carbonyl (C=O) groups excluding carboxylic acids is 3. The van der Waals surface area contributed by atoms with Crippen LogP contribution in [-0.2, 0) is 14.4 Å².